The first-order chi connectivity index (χ1) is 8.15. The Morgan fingerprint density at radius 3 is 2.65 bits per heavy atom. The first-order valence-electron chi connectivity index (χ1n) is 5.55. The SMILES string of the molecule is Cc1csc(CNC(C)c2ccc(I)cc2)n1. The predicted octanol–water partition coefficient (Wildman–Crippen LogP) is 3.91. The second-order valence-electron chi connectivity index (χ2n) is 4.04. The molecule has 1 aromatic carbocycles. The second kappa shape index (κ2) is 5.93. The largest absolute Gasteiger partial charge is 0.304 e. The number of aromatic nitrogens is 1. The molecule has 1 unspecified atom stereocenters. The number of rotatable bonds is 4. The molecule has 0 aliphatic carbocycles. The molecular weight excluding hydrogens is 343 g/mol. The van der Waals surface area contributed by atoms with Gasteiger partial charge in [0.1, 0.15) is 5.01 Å². The fraction of sp³-hybridized carbons (Fsp3) is 0.308. The van der Waals surface area contributed by atoms with E-state index in [9.17, 15) is 0 Å². The molecule has 1 aromatic heterocycles. The Morgan fingerprint density at radius 2 is 2.06 bits per heavy atom. The average Bonchev–Trinajstić information content (AvgIpc) is 2.73. The standard InChI is InChI=1S/C13H15IN2S/c1-9-8-17-13(16-9)7-15-10(2)11-3-5-12(14)6-4-11/h3-6,8,10,15H,7H2,1-2H3. The number of benzene rings is 1. The van der Waals surface area contributed by atoms with E-state index in [4.69, 9.17) is 0 Å². The van der Waals surface area contributed by atoms with Crippen molar-refractivity contribution >= 4 is 33.9 Å². The van der Waals surface area contributed by atoms with Gasteiger partial charge in [0.05, 0.1) is 0 Å². The van der Waals surface area contributed by atoms with Gasteiger partial charge in [-0.3, -0.25) is 0 Å². The summed E-state index contributed by atoms with van der Waals surface area (Å²) in [4.78, 5) is 4.45. The maximum Gasteiger partial charge on any atom is 0.107 e. The van der Waals surface area contributed by atoms with Crippen LogP contribution in [0, 0.1) is 10.5 Å². The van der Waals surface area contributed by atoms with E-state index in [0.717, 1.165) is 17.2 Å². The Bertz CT molecular complexity index is 478. The number of aryl methyl sites for hydroxylation is 1. The normalized spacial score (nSPS) is 12.6. The molecule has 4 heteroatoms. The summed E-state index contributed by atoms with van der Waals surface area (Å²) in [6.07, 6.45) is 0. The molecule has 0 aliphatic rings. The van der Waals surface area contributed by atoms with Crippen LogP contribution >= 0.6 is 33.9 Å². The number of nitrogens with one attached hydrogen (secondary N) is 1. The van der Waals surface area contributed by atoms with Gasteiger partial charge in [-0.25, -0.2) is 4.98 Å². The smallest absolute Gasteiger partial charge is 0.107 e. The molecule has 0 saturated heterocycles. The van der Waals surface area contributed by atoms with Gasteiger partial charge in [-0.2, -0.15) is 0 Å². The minimum atomic E-state index is 0.358. The van der Waals surface area contributed by atoms with E-state index >= 15 is 0 Å². The van der Waals surface area contributed by atoms with E-state index in [1.165, 1.54) is 9.13 Å². The molecule has 2 aromatic rings. The molecule has 1 heterocycles. The van der Waals surface area contributed by atoms with Crippen molar-refractivity contribution in [3.05, 3.63) is 49.5 Å². The number of hydrogen-bond donors (Lipinski definition) is 1. The Kier molecular flexibility index (Phi) is 4.53. The van der Waals surface area contributed by atoms with Crippen LogP contribution in [-0.2, 0) is 6.54 Å². The highest BCUT2D eigenvalue weighted by Crippen LogP contribution is 2.16. The Balaban J connectivity index is 1.93. The Morgan fingerprint density at radius 1 is 1.35 bits per heavy atom. The van der Waals surface area contributed by atoms with Crippen molar-refractivity contribution in [3.63, 3.8) is 0 Å². The molecule has 0 saturated carbocycles. The summed E-state index contributed by atoms with van der Waals surface area (Å²) in [6.45, 7) is 5.05. The molecule has 2 nitrogen and oxygen atoms in total. The highest BCUT2D eigenvalue weighted by molar-refractivity contribution is 14.1. The summed E-state index contributed by atoms with van der Waals surface area (Å²) in [5, 5.41) is 6.74. The van der Waals surface area contributed by atoms with Crippen molar-refractivity contribution in [3.8, 4) is 0 Å². The lowest BCUT2D eigenvalue weighted by Crippen LogP contribution is -2.17. The highest BCUT2D eigenvalue weighted by Gasteiger charge is 2.05. The van der Waals surface area contributed by atoms with Crippen LogP contribution in [0.3, 0.4) is 0 Å². The summed E-state index contributed by atoms with van der Waals surface area (Å²) >= 11 is 4.04. The maximum absolute atomic E-state index is 4.45. The monoisotopic (exact) mass is 358 g/mol. The van der Waals surface area contributed by atoms with Gasteiger partial charge in [0.25, 0.3) is 0 Å². The quantitative estimate of drug-likeness (QED) is 0.839. The predicted molar refractivity (Wildman–Crippen MR) is 81.3 cm³/mol. The van der Waals surface area contributed by atoms with Gasteiger partial charge >= 0.3 is 0 Å². The zero-order chi connectivity index (χ0) is 12.3. The van der Waals surface area contributed by atoms with Gasteiger partial charge in [-0.1, -0.05) is 12.1 Å². The van der Waals surface area contributed by atoms with Gasteiger partial charge in [0, 0.05) is 27.2 Å². The average molecular weight is 358 g/mol. The van der Waals surface area contributed by atoms with E-state index in [1.807, 2.05) is 6.92 Å². The Labute approximate surface area is 120 Å². The molecule has 1 N–H and O–H groups in total. The van der Waals surface area contributed by atoms with E-state index in [-0.39, 0.29) is 0 Å². The first-order valence-corrected chi connectivity index (χ1v) is 7.51. The molecular formula is C13H15IN2S. The van der Waals surface area contributed by atoms with E-state index in [1.54, 1.807) is 11.3 Å². The van der Waals surface area contributed by atoms with E-state index in [2.05, 4.69) is 69.5 Å². The fourth-order valence-electron chi connectivity index (χ4n) is 1.59. The van der Waals surface area contributed by atoms with Crippen molar-refractivity contribution in [2.45, 2.75) is 26.4 Å². The summed E-state index contributed by atoms with van der Waals surface area (Å²) in [7, 11) is 0. The number of nitrogens with zero attached hydrogens (tertiary/aromatic N) is 1. The molecule has 0 amide bonds. The summed E-state index contributed by atoms with van der Waals surface area (Å²) in [5.41, 5.74) is 2.42. The first kappa shape index (κ1) is 13.0. The zero-order valence-electron chi connectivity index (χ0n) is 9.90. The van der Waals surface area contributed by atoms with Crippen molar-refractivity contribution in [1.29, 1.82) is 0 Å². The van der Waals surface area contributed by atoms with Gasteiger partial charge in [-0.15, -0.1) is 11.3 Å². The van der Waals surface area contributed by atoms with E-state index in [0.29, 0.717) is 6.04 Å². The van der Waals surface area contributed by atoms with E-state index < -0.39 is 0 Å². The molecule has 1 atom stereocenters. The minimum Gasteiger partial charge on any atom is -0.304 e. The third-order valence-electron chi connectivity index (χ3n) is 2.60. The molecule has 17 heavy (non-hydrogen) atoms. The topological polar surface area (TPSA) is 24.9 Å². The van der Waals surface area contributed by atoms with Crippen molar-refractivity contribution in [2.24, 2.45) is 0 Å². The molecule has 90 valence electrons. The molecule has 0 fully saturated rings. The van der Waals surface area contributed by atoms with Crippen LogP contribution in [0.4, 0.5) is 0 Å². The number of thiazole rings is 1. The van der Waals surface area contributed by atoms with Crippen LogP contribution in [0.15, 0.2) is 29.6 Å². The third-order valence-corrected chi connectivity index (χ3v) is 4.28. The summed E-state index contributed by atoms with van der Waals surface area (Å²) in [6, 6.07) is 8.98. The number of hydrogen-bond acceptors (Lipinski definition) is 3. The molecule has 0 aliphatic heterocycles. The minimum absolute atomic E-state index is 0.358. The molecule has 0 bridgehead atoms. The zero-order valence-corrected chi connectivity index (χ0v) is 12.9. The van der Waals surface area contributed by atoms with Crippen molar-refractivity contribution < 1.29 is 0 Å². The van der Waals surface area contributed by atoms with Crippen molar-refractivity contribution in [1.82, 2.24) is 10.3 Å². The van der Waals surface area contributed by atoms with Crippen LogP contribution in [0.2, 0.25) is 0 Å². The highest BCUT2D eigenvalue weighted by atomic mass is 127. The molecule has 2 rings (SSSR count). The Hall–Kier alpha value is -0.460. The summed E-state index contributed by atoms with van der Waals surface area (Å²) < 4.78 is 1.27. The van der Waals surface area contributed by atoms with Crippen LogP contribution in [-0.4, -0.2) is 4.98 Å². The fourth-order valence-corrected chi connectivity index (χ4v) is 2.68. The lowest BCUT2D eigenvalue weighted by molar-refractivity contribution is 0.573. The lowest BCUT2D eigenvalue weighted by Gasteiger charge is -2.13. The van der Waals surface area contributed by atoms with Crippen molar-refractivity contribution in [2.75, 3.05) is 0 Å². The van der Waals surface area contributed by atoms with Gasteiger partial charge in [0.2, 0.25) is 0 Å². The number of halogens is 1. The molecule has 0 radical (unpaired) electrons. The lowest BCUT2D eigenvalue weighted by atomic mass is 10.1. The summed E-state index contributed by atoms with van der Waals surface area (Å²) in [5.74, 6) is 0. The van der Waals surface area contributed by atoms with Crippen LogP contribution in [0.25, 0.3) is 0 Å². The van der Waals surface area contributed by atoms with Crippen LogP contribution < -0.4 is 5.32 Å². The molecule has 0 spiro atoms. The van der Waals surface area contributed by atoms with Crippen LogP contribution in [0.5, 0.6) is 0 Å². The van der Waals surface area contributed by atoms with Gasteiger partial charge in [-0.05, 0) is 54.1 Å². The second-order valence-corrected chi connectivity index (χ2v) is 6.23. The van der Waals surface area contributed by atoms with Gasteiger partial charge < -0.3 is 5.32 Å². The maximum atomic E-state index is 4.45. The van der Waals surface area contributed by atoms with Gasteiger partial charge in [0.15, 0.2) is 0 Å². The third kappa shape index (κ3) is 3.76. The van der Waals surface area contributed by atoms with Crippen LogP contribution in [0.1, 0.15) is 29.2 Å².